The maximum atomic E-state index is 4.62. The van der Waals surface area contributed by atoms with Gasteiger partial charge in [-0.3, -0.25) is 0 Å². The van der Waals surface area contributed by atoms with Crippen LogP contribution in [0.15, 0.2) is 35.5 Å². The lowest BCUT2D eigenvalue weighted by Crippen LogP contribution is -2.70. The predicted molar refractivity (Wildman–Crippen MR) is 76.3 cm³/mol. The van der Waals surface area contributed by atoms with Crippen molar-refractivity contribution in [3.63, 3.8) is 0 Å². The average Bonchev–Trinajstić information content (AvgIpc) is 2.80. The van der Waals surface area contributed by atoms with Crippen LogP contribution in [0.4, 0.5) is 0 Å². The van der Waals surface area contributed by atoms with Gasteiger partial charge in [-0.1, -0.05) is 42.4 Å². The van der Waals surface area contributed by atoms with Crippen molar-refractivity contribution in [3.05, 3.63) is 35.5 Å². The molecule has 0 nitrogen and oxygen atoms in total. The molecule has 0 saturated heterocycles. The van der Waals surface area contributed by atoms with Gasteiger partial charge in [0.15, 0.2) is 0 Å². The largest absolute Gasteiger partial charge is 0.0983 e. The van der Waals surface area contributed by atoms with Crippen molar-refractivity contribution in [1.82, 2.24) is 0 Å². The van der Waals surface area contributed by atoms with Crippen molar-refractivity contribution in [2.24, 2.45) is 46.3 Å². The standard InChI is InChI=1S/C19H22/c1-9-4-14(9)15-7-12-5-11-6-13-8-16-17(15)19(13,10(11)2)18(12,16)3/h4,6,11-12,14-17H,2,5,7-8H2,1,3H3/t11?,12?,14?,15?,16?,17?,18-,19?/m1/s1. The fraction of sp³-hybridized carbons (Fsp3) is 0.684. The maximum Gasteiger partial charge on any atom is 0.0217 e. The number of allylic oxidation sites excluding steroid dienone is 5. The van der Waals surface area contributed by atoms with Crippen molar-refractivity contribution >= 4 is 0 Å². The maximum absolute atomic E-state index is 4.62. The highest BCUT2D eigenvalue weighted by Gasteiger charge is 2.85. The summed E-state index contributed by atoms with van der Waals surface area (Å²) in [6, 6.07) is 0. The number of rotatable bonds is 1. The Morgan fingerprint density at radius 3 is 2.79 bits per heavy atom. The molecule has 0 heteroatoms. The van der Waals surface area contributed by atoms with Crippen molar-refractivity contribution in [2.45, 2.75) is 33.1 Å². The normalized spacial score (nSPS) is 65.9. The second-order valence-corrected chi connectivity index (χ2v) is 8.52. The minimum absolute atomic E-state index is 0.491. The molecule has 8 atom stereocenters. The van der Waals surface area contributed by atoms with Crippen molar-refractivity contribution < 1.29 is 0 Å². The summed E-state index contributed by atoms with van der Waals surface area (Å²) in [5.74, 6) is 5.56. The second-order valence-electron chi connectivity index (χ2n) is 8.52. The summed E-state index contributed by atoms with van der Waals surface area (Å²) in [5.41, 5.74) is 6.27. The van der Waals surface area contributed by atoms with Gasteiger partial charge in [0.25, 0.3) is 0 Å². The zero-order valence-corrected chi connectivity index (χ0v) is 11.9. The molecule has 0 radical (unpaired) electrons. The number of hydrogen-bond donors (Lipinski definition) is 0. The lowest BCUT2D eigenvalue weighted by Gasteiger charge is -2.74. The van der Waals surface area contributed by atoms with Gasteiger partial charge in [-0.15, -0.1) is 0 Å². The Balaban J connectivity index is 1.59. The Bertz CT molecular complexity index is 620. The Morgan fingerprint density at radius 1 is 1.26 bits per heavy atom. The smallest absolute Gasteiger partial charge is 0.0217 e. The highest BCUT2D eigenvalue weighted by molar-refractivity contribution is 5.58. The van der Waals surface area contributed by atoms with Crippen LogP contribution in [-0.2, 0) is 0 Å². The molecule has 6 fully saturated rings. The summed E-state index contributed by atoms with van der Waals surface area (Å²) < 4.78 is 0. The van der Waals surface area contributed by atoms with E-state index in [9.17, 15) is 0 Å². The molecule has 1 spiro atoms. The topological polar surface area (TPSA) is 0 Å². The molecule has 98 valence electrons. The van der Waals surface area contributed by atoms with E-state index in [1.807, 2.05) is 5.57 Å². The van der Waals surface area contributed by atoms with Crippen LogP contribution in [-0.4, -0.2) is 0 Å². The van der Waals surface area contributed by atoms with Crippen molar-refractivity contribution in [2.75, 3.05) is 0 Å². The van der Waals surface area contributed by atoms with E-state index in [2.05, 4.69) is 32.6 Å². The quantitative estimate of drug-likeness (QED) is 0.607. The molecular formula is C19H22. The molecule has 0 heterocycles. The van der Waals surface area contributed by atoms with Crippen LogP contribution in [0.5, 0.6) is 0 Å². The molecule has 8 aliphatic rings. The molecule has 0 aromatic carbocycles. The zero-order valence-electron chi connectivity index (χ0n) is 11.9. The van der Waals surface area contributed by atoms with Crippen LogP contribution in [0.3, 0.4) is 0 Å². The van der Waals surface area contributed by atoms with Gasteiger partial charge in [-0.05, 0) is 61.2 Å². The first-order chi connectivity index (χ1) is 9.10. The summed E-state index contributed by atoms with van der Waals surface area (Å²) >= 11 is 0. The van der Waals surface area contributed by atoms with Gasteiger partial charge in [0.2, 0.25) is 0 Å². The second kappa shape index (κ2) is 2.43. The van der Waals surface area contributed by atoms with Gasteiger partial charge in [-0.25, -0.2) is 0 Å². The molecule has 6 bridgehead atoms. The fourth-order valence-electron chi connectivity index (χ4n) is 8.02. The van der Waals surface area contributed by atoms with E-state index in [0.717, 1.165) is 35.5 Å². The van der Waals surface area contributed by atoms with Crippen LogP contribution in [0, 0.1) is 46.3 Å². The molecular weight excluding hydrogens is 228 g/mol. The molecule has 0 N–H and O–H groups in total. The molecule has 0 aromatic rings. The number of hydrogen-bond acceptors (Lipinski definition) is 0. The summed E-state index contributed by atoms with van der Waals surface area (Å²) in [7, 11) is 0. The van der Waals surface area contributed by atoms with Gasteiger partial charge >= 0.3 is 0 Å². The van der Waals surface area contributed by atoms with Gasteiger partial charge in [0.1, 0.15) is 0 Å². The third-order valence-electron chi connectivity index (χ3n) is 8.58. The number of fused-ring (bicyclic) bond motifs is 2. The van der Waals surface area contributed by atoms with E-state index in [0.29, 0.717) is 10.8 Å². The van der Waals surface area contributed by atoms with Gasteiger partial charge in [-0.2, -0.15) is 0 Å². The van der Waals surface area contributed by atoms with E-state index in [4.69, 9.17) is 0 Å². The van der Waals surface area contributed by atoms with E-state index in [1.54, 1.807) is 11.1 Å². The van der Waals surface area contributed by atoms with E-state index in [-0.39, 0.29) is 0 Å². The summed E-state index contributed by atoms with van der Waals surface area (Å²) in [6.45, 7) is 9.60. The zero-order chi connectivity index (χ0) is 12.7. The first kappa shape index (κ1) is 10.0. The van der Waals surface area contributed by atoms with Gasteiger partial charge in [0.05, 0.1) is 0 Å². The average molecular weight is 250 g/mol. The third-order valence-corrected chi connectivity index (χ3v) is 8.58. The molecule has 0 amide bonds. The van der Waals surface area contributed by atoms with Crippen molar-refractivity contribution in [3.8, 4) is 0 Å². The predicted octanol–water partition coefficient (Wildman–Crippen LogP) is 4.36. The van der Waals surface area contributed by atoms with Crippen molar-refractivity contribution in [1.29, 1.82) is 0 Å². The Hall–Kier alpha value is -0.780. The minimum Gasteiger partial charge on any atom is -0.0983 e. The lowest BCUT2D eigenvalue weighted by molar-refractivity contribution is -0.234. The van der Waals surface area contributed by atoms with E-state index < -0.39 is 0 Å². The Morgan fingerprint density at radius 2 is 2.05 bits per heavy atom. The van der Waals surface area contributed by atoms with Gasteiger partial charge < -0.3 is 0 Å². The van der Waals surface area contributed by atoms with Crippen LogP contribution >= 0.6 is 0 Å². The molecule has 0 aliphatic heterocycles. The third kappa shape index (κ3) is 0.687. The summed E-state index contributed by atoms with van der Waals surface area (Å²) in [5, 5.41) is 0. The van der Waals surface area contributed by atoms with E-state index >= 15 is 0 Å². The van der Waals surface area contributed by atoms with Crippen LogP contribution in [0.2, 0.25) is 0 Å². The molecule has 8 aliphatic carbocycles. The SMILES string of the molecule is C=C1C2C=C3CC4C5C(C6C=C6C)CC(C2)[C@@]4(C)C135. The molecule has 8 rings (SSSR count). The molecule has 0 aromatic heterocycles. The monoisotopic (exact) mass is 250 g/mol. The van der Waals surface area contributed by atoms with Crippen LogP contribution < -0.4 is 0 Å². The highest BCUT2D eigenvalue weighted by atomic mass is 14.9. The Kier molecular flexibility index (Phi) is 1.28. The van der Waals surface area contributed by atoms with Crippen LogP contribution in [0.25, 0.3) is 0 Å². The molecule has 6 saturated carbocycles. The Labute approximate surface area is 115 Å². The molecule has 19 heavy (non-hydrogen) atoms. The minimum atomic E-state index is 0.491. The fourth-order valence-corrected chi connectivity index (χ4v) is 8.02. The summed E-state index contributed by atoms with van der Waals surface area (Å²) in [4.78, 5) is 0. The van der Waals surface area contributed by atoms with E-state index in [1.165, 1.54) is 19.3 Å². The molecule has 7 unspecified atom stereocenters. The summed E-state index contributed by atoms with van der Waals surface area (Å²) in [6.07, 6.45) is 9.57. The van der Waals surface area contributed by atoms with Gasteiger partial charge in [0, 0.05) is 11.3 Å². The first-order valence-corrected chi connectivity index (χ1v) is 8.19. The lowest BCUT2D eigenvalue weighted by atomic mass is 9.29. The highest BCUT2D eigenvalue weighted by Crippen LogP contribution is 2.91. The first-order valence-electron chi connectivity index (χ1n) is 8.19. The van der Waals surface area contributed by atoms with Crippen LogP contribution in [0.1, 0.15) is 33.1 Å².